The fraction of sp³-hybridized carbons (Fsp3) is 0.500. The normalized spacial score (nSPS) is 24.4. The van der Waals surface area contributed by atoms with Crippen molar-refractivity contribution in [1.82, 2.24) is 0 Å². The van der Waals surface area contributed by atoms with Gasteiger partial charge >= 0.3 is 11.9 Å². The molecule has 1 aromatic heterocycles. The highest BCUT2D eigenvalue weighted by molar-refractivity contribution is 5.93. The van der Waals surface area contributed by atoms with Gasteiger partial charge in [0.1, 0.15) is 5.41 Å². The van der Waals surface area contributed by atoms with Crippen LogP contribution in [0.4, 0.5) is 0 Å². The van der Waals surface area contributed by atoms with Gasteiger partial charge in [-0.15, -0.1) is 0 Å². The maximum Gasteiger partial charge on any atom is 0.325 e. The molecule has 0 amide bonds. The third-order valence-corrected chi connectivity index (χ3v) is 3.23. The fourth-order valence-electron chi connectivity index (χ4n) is 2.11. The van der Waals surface area contributed by atoms with E-state index in [9.17, 15) is 9.59 Å². The summed E-state index contributed by atoms with van der Waals surface area (Å²) in [5.74, 6) is 0.641. The van der Waals surface area contributed by atoms with E-state index in [4.69, 9.17) is 13.9 Å². The monoisotopic (exact) mass is 236 g/mol. The van der Waals surface area contributed by atoms with Crippen LogP contribution in [0.2, 0.25) is 0 Å². The fourth-order valence-corrected chi connectivity index (χ4v) is 2.11. The zero-order valence-electron chi connectivity index (χ0n) is 9.83. The third kappa shape index (κ3) is 1.14. The Morgan fingerprint density at radius 3 is 2.82 bits per heavy atom. The SMILES string of the molecule is CC(C)C(=O)Oc1c2oc3c1OC(=O)C3(C)C2. The van der Waals surface area contributed by atoms with E-state index in [0.717, 1.165) is 0 Å². The molecule has 90 valence electrons. The predicted octanol–water partition coefficient (Wildman–Crippen LogP) is 1.57. The predicted molar refractivity (Wildman–Crippen MR) is 55.9 cm³/mol. The summed E-state index contributed by atoms with van der Waals surface area (Å²) in [6, 6.07) is 0. The van der Waals surface area contributed by atoms with Crippen LogP contribution in [-0.2, 0) is 21.4 Å². The quantitative estimate of drug-likeness (QED) is 0.729. The molecule has 0 saturated heterocycles. The molecule has 0 fully saturated rings. The first-order valence-corrected chi connectivity index (χ1v) is 5.53. The van der Waals surface area contributed by atoms with Gasteiger partial charge in [-0.25, -0.2) is 0 Å². The molecule has 0 aromatic carbocycles. The lowest BCUT2D eigenvalue weighted by molar-refractivity contribution is -0.139. The van der Waals surface area contributed by atoms with Crippen molar-refractivity contribution in [2.24, 2.45) is 5.92 Å². The molecule has 0 aliphatic carbocycles. The lowest BCUT2D eigenvalue weighted by Crippen LogP contribution is -2.29. The van der Waals surface area contributed by atoms with Crippen molar-refractivity contribution < 1.29 is 23.5 Å². The number of furan rings is 1. The van der Waals surface area contributed by atoms with Gasteiger partial charge in [0.2, 0.25) is 11.5 Å². The van der Waals surface area contributed by atoms with Gasteiger partial charge in [-0.05, 0) is 6.92 Å². The molecule has 1 aromatic rings. The first kappa shape index (κ1) is 10.4. The topological polar surface area (TPSA) is 65.7 Å². The van der Waals surface area contributed by atoms with Gasteiger partial charge in [-0.3, -0.25) is 9.59 Å². The van der Waals surface area contributed by atoms with E-state index in [1.54, 1.807) is 20.8 Å². The molecule has 0 saturated carbocycles. The average Bonchev–Trinajstić information content (AvgIpc) is 2.79. The molecule has 1 atom stereocenters. The zero-order chi connectivity index (χ0) is 12.4. The molecule has 0 spiro atoms. The molecule has 0 radical (unpaired) electrons. The van der Waals surface area contributed by atoms with Crippen LogP contribution in [0, 0.1) is 5.92 Å². The Balaban J connectivity index is 1.99. The summed E-state index contributed by atoms with van der Waals surface area (Å²) >= 11 is 0. The molecular formula is C12H12O5. The highest BCUT2D eigenvalue weighted by Gasteiger charge is 2.57. The first-order chi connectivity index (χ1) is 7.93. The smallest absolute Gasteiger partial charge is 0.325 e. The van der Waals surface area contributed by atoms with Crippen LogP contribution >= 0.6 is 0 Å². The Morgan fingerprint density at radius 2 is 2.18 bits per heavy atom. The minimum atomic E-state index is -0.710. The first-order valence-electron chi connectivity index (χ1n) is 5.53. The number of carbonyl (C=O) groups is 2. The number of hydrogen-bond donors (Lipinski definition) is 0. The Labute approximate surface area is 97.7 Å². The third-order valence-electron chi connectivity index (χ3n) is 3.23. The molecule has 5 nitrogen and oxygen atoms in total. The van der Waals surface area contributed by atoms with Gasteiger partial charge < -0.3 is 13.9 Å². The highest BCUT2D eigenvalue weighted by atomic mass is 16.6. The number of hydrogen-bond acceptors (Lipinski definition) is 5. The van der Waals surface area contributed by atoms with Gasteiger partial charge in [0, 0.05) is 6.42 Å². The van der Waals surface area contributed by atoms with Gasteiger partial charge in [0.25, 0.3) is 0 Å². The lowest BCUT2D eigenvalue weighted by atomic mass is 9.84. The van der Waals surface area contributed by atoms with E-state index in [1.165, 1.54) is 0 Å². The summed E-state index contributed by atoms with van der Waals surface area (Å²) in [6.45, 7) is 5.25. The summed E-state index contributed by atoms with van der Waals surface area (Å²) in [6.07, 6.45) is 0.408. The van der Waals surface area contributed by atoms with Crippen molar-refractivity contribution in [3.05, 3.63) is 11.5 Å². The number of ether oxygens (including phenoxy) is 2. The van der Waals surface area contributed by atoms with E-state index in [1.807, 2.05) is 0 Å². The van der Waals surface area contributed by atoms with Crippen LogP contribution in [0.25, 0.3) is 0 Å². The summed E-state index contributed by atoms with van der Waals surface area (Å²) in [7, 11) is 0. The van der Waals surface area contributed by atoms with Crippen molar-refractivity contribution >= 4 is 11.9 Å². The van der Waals surface area contributed by atoms with Crippen LogP contribution in [0.5, 0.6) is 11.5 Å². The zero-order valence-corrected chi connectivity index (χ0v) is 9.83. The molecule has 17 heavy (non-hydrogen) atoms. The van der Waals surface area contributed by atoms with Crippen LogP contribution in [0.3, 0.4) is 0 Å². The van der Waals surface area contributed by atoms with Crippen LogP contribution < -0.4 is 9.47 Å². The van der Waals surface area contributed by atoms with Crippen molar-refractivity contribution in [3.8, 4) is 11.5 Å². The van der Waals surface area contributed by atoms with E-state index in [-0.39, 0.29) is 29.4 Å². The second-order valence-corrected chi connectivity index (χ2v) is 4.99. The Bertz CT molecular complexity index is 539. The van der Waals surface area contributed by atoms with Crippen molar-refractivity contribution in [3.63, 3.8) is 0 Å². The standard InChI is InChI=1S/C12H12O5/c1-5(2)10(13)16-7-6-4-12(3)9(15-6)8(7)17-11(12)14/h5H,4H2,1-3H3. The maximum atomic E-state index is 11.7. The summed E-state index contributed by atoms with van der Waals surface area (Å²) in [5, 5.41) is 0. The number of fused-ring (bicyclic) bond motifs is 1. The minimum absolute atomic E-state index is 0.240. The summed E-state index contributed by atoms with van der Waals surface area (Å²) in [4.78, 5) is 23.2. The van der Waals surface area contributed by atoms with Gasteiger partial charge in [-0.2, -0.15) is 0 Å². The van der Waals surface area contributed by atoms with E-state index in [2.05, 4.69) is 0 Å². The largest absolute Gasteiger partial charge is 0.457 e. The maximum absolute atomic E-state index is 11.7. The molecular weight excluding hydrogens is 224 g/mol. The van der Waals surface area contributed by atoms with Crippen molar-refractivity contribution in [2.45, 2.75) is 32.6 Å². The molecule has 0 N–H and O–H groups in total. The summed E-state index contributed by atoms with van der Waals surface area (Å²) < 4.78 is 15.8. The summed E-state index contributed by atoms with van der Waals surface area (Å²) in [5.41, 5.74) is -0.710. The minimum Gasteiger partial charge on any atom is -0.457 e. The average molecular weight is 236 g/mol. The number of carbonyl (C=O) groups excluding carboxylic acids is 2. The molecule has 3 heterocycles. The molecule has 1 unspecified atom stereocenters. The van der Waals surface area contributed by atoms with Crippen LogP contribution in [-0.4, -0.2) is 11.9 Å². The van der Waals surface area contributed by atoms with Gasteiger partial charge in [0.15, 0.2) is 11.5 Å². The Kier molecular flexibility index (Phi) is 1.78. The molecule has 5 heteroatoms. The van der Waals surface area contributed by atoms with Crippen LogP contribution in [0.15, 0.2) is 4.42 Å². The second-order valence-electron chi connectivity index (χ2n) is 4.99. The lowest BCUT2D eigenvalue weighted by Gasteiger charge is -2.11. The molecule has 2 bridgehead atoms. The molecule has 2 aliphatic rings. The number of esters is 2. The Hall–Kier alpha value is -1.78. The molecule has 2 aliphatic heterocycles. The van der Waals surface area contributed by atoms with Crippen LogP contribution in [0.1, 0.15) is 32.3 Å². The molecule has 3 rings (SSSR count). The van der Waals surface area contributed by atoms with Crippen molar-refractivity contribution in [2.75, 3.05) is 0 Å². The highest BCUT2D eigenvalue weighted by Crippen LogP contribution is 2.57. The van der Waals surface area contributed by atoms with Crippen molar-refractivity contribution in [1.29, 1.82) is 0 Å². The number of rotatable bonds is 2. The Morgan fingerprint density at radius 1 is 1.47 bits per heavy atom. The van der Waals surface area contributed by atoms with E-state index < -0.39 is 5.41 Å². The van der Waals surface area contributed by atoms with E-state index in [0.29, 0.717) is 17.9 Å². The van der Waals surface area contributed by atoms with Gasteiger partial charge in [-0.1, -0.05) is 13.8 Å². The van der Waals surface area contributed by atoms with E-state index >= 15 is 0 Å². The van der Waals surface area contributed by atoms with Gasteiger partial charge in [0.05, 0.1) is 5.92 Å². The second kappa shape index (κ2) is 2.91.